The Morgan fingerprint density at radius 2 is 2.13 bits per heavy atom. The predicted octanol–water partition coefficient (Wildman–Crippen LogP) is 3.61. The predicted molar refractivity (Wildman–Crippen MR) is 67.0 cm³/mol. The van der Waals surface area contributed by atoms with Crippen molar-refractivity contribution in [2.24, 2.45) is 0 Å². The van der Waals surface area contributed by atoms with Gasteiger partial charge in [-0.1, -0.05) is 18.3 Å². The summed E-state index contributed by atoms with van der Waals surface area (Å²) in [4.78, 5) is 2.60. The third kappa shape index (κ3) is 2.56. The Morgan fingerprint density at radius 1 is 1.27 bits per heavy atom. The zero-order valence-electron chi connectivity index (χ0n) is 8.36. The van der Waals surface area contributed by atoms with Gasteiger partial charge in [0.05, 0.1) is 4.88 Å². The molecule has 0 atom stereocenters. The van der Waals surface area contributed by atoms with Gasteiger partial charge in [0.2, 0.25) is 0 Å². The number of aryl methyl sites for hydroxylation is 2. The minimum absolute atomic E-state index is 0.610. The molecule has 0 bridgehead atoms. The first kappa shape index (κ1) is 11.0. The molecule has 80 valence electrons. The Labute approximate surface area is 102 Å². The van der Waals surface area contributed by atoms with E-state index in [0.29, 0.717) is 5.88 Å². The smallest absolute Gasteiger partial charge is 0.143 e. The molecule has 2 rings (SSSR count). The fourth-order valence-electron chi connectivity index (χ4n) is 1.22. The summed E-state index contributed by atoms with van der Waals surface area (Å²) >= 11 is 9.09. The van der Waals surface area contributed by atoms with E-state index in [1.165, 1.54) is 9.75 Å². The molecular formula is C10H11ClN2S2. The molecule has 0 aliphatic rings. The second kappa shape index (κ2) is 5.05. The van der Waals surface area contributed by atoms with Crippen LogP contribution in [0.1, 0.15) is 16.8 Å². The van der Waals surface area contributed by atoms with E-state index in [1.807, 2.05) is 0 Å². The normalized spacial score (nSPS) is 10.8. The van der Waals surface area contributed by atoms with Crippen LogP contribution in [-0.4, -0.2) is 16.1 Å². The van der Waals surface area contributed by atoms with Crippen molar-refractivity contribution in [1.82, 2.24) is 10.2 Å². The Balaban J connectivity index is 2.21. The second-order valence-electron chi connectivity index (χ2n) is 3.06. The Hall–Kier alpha value is -0.450. The van der Waals surface area contributed by atoms with E-state index in [9.17, 15) is 0 Å². The highest BCUT2D eigenvalue weighted by atomic mass is 35.5. The summed E-state index contributed by atoms with van der Waals surface area (Å²) in [5.41, 5.74) is 0. The van der Waals surface area contributed by atoms with Crippen LogP contribution in [0.5, 0.6) is 0 Å². The number of halogens is 1. The average Bonchev–Trinajstić information content (AvgIpc) is 2.85. The van der Waals surface area contributed by atoms with E-state index in [1.54, 1.807) is 22.7 Å². The van der Waals surface area contributed by atoms with Crippen molar-refractivity contribution in [1.29, 1.82) is 0 Å². The molecule has 0 aromatic carbocycles. The van der Waals surface area contributed by atoms with Gasteiger partial charge < -0.3 is 0 Å². The van der Waals surface area contributed by atoms with Crippen LogP contribution in [-0.2, 0) is 12.8 Å². The van der Waals surface area contributed by atoms with Crippen LogP contribution in [0.15, 0.2) is 12.1 Å². The highest BCUT2D eigenvalue weighted by Gasteiger charge is 2.08. The third-order valence-electron chi connectivity index (χ3n) is 2.00. The molecule has 5 heteroatoms. The first-order chi connectivity index (χ1) is 7.33. The summed E-state index contributed by atoms with van der Waals surface area (Å²) < 4.78 is 0. The first-order valence-corrected chi connectivity index (χ1v) is 6.97. The molecular weight excluding hydrogens is 248 g/mol. The van der Waals surface area contributed by atoms with E-state index in [2.05, 4.69) is 29.3 Å². The molecule has 0 N–H and O–H groups in total. The van der Waals surface area contributed by atoms with Crippen LogP contribution in [0.25, 0.3) is 9.88 Å². The number of nitrogens with zero attached hydrogens (tertiary/aromatic N) is 2. The summed E-state index contributed by atoms with van der Waals surface area (Å²) in [5.74, 6) is 0.610. The maximum atomic E-state index is 5.66. The lowest BCUT2D eigenvalue weighted by Crippen LogP contribution is -1.82. The molecule has 0 fully saturated rings. The molecule has 2 aromatic heterocycles. The Bertz CT molecular complexity index is 436. The highest BCUT2D eigenvalue weighted by molar-refractivity contribution is 7.21. The van der Waals surface area contributed by atoms with E-state index in [4.69, 9.17) is 11.6 Å². The van der Waals surface area contributed by atoms with Crippen LogP contribution in [0.3, 0.4) is 0 Å². The summed E-state index contributed by atoms with van der Waals surface area (Å²) in [6, 6.07) is 4.27. The fraction of sp³-hybridized carbons (Fsp3) is 0.400. The van der Waals surface area contributed by atoms with Gasteiger partial charge in [-0.2, -0.15) is 0 Å². The summed E-state index contributed by atoms with van der Waals surface area (Å²) in [6.07, 6.45) is 1.89. The zero-order valence-corrected chi connectivity index (χ0v) is 10.8. The van der Waals surface area contributed by atoms with Gasteiger partial charge >= 0.3 is 0 Å². The van der Waals surface area contributed by atoms with Gasteiger partial charge in [-0.15, -0.1) is 33.1 Å². The van der Waals surface area contributed by atoms with E-state index < -0.39 is 0 Å². The fourth-order valence-corrected chi connectivity index (χ4v) is 3.35. The van der Waals surface area contributed by atoms with Gasteiger partial charge in [0.1, 0.15) is 5.01 Å². The largest absolute Gasteiger partial charge is 0.157 e. The Kier molecular flexibility index (Phi) is 3.72. The standard InChI is InChI=1S/C10H11ClN2S2/c1-2-7-3-4-8(14-7)10-13-12-9(15-10)5-6-11/h3-4H,2,5-6H2,1H3. The highest BCUT2D eigenvalue weighted by Crippen LogP contribution is 2.30. The molecule has 0 amide bonds. The molecule has 2 aromatic rings. The van der Waals surface area contributed by atoms with Crippen molar-refractivity contribution < 1.29 is 0 Å². The lowest BCUT2D eigenvalue weighted by Gasteiger charge is -1.86. The summed E-state index contributed by atoms with van der Waals surface area (Å²) in [7, 11) is 0. The number of alkyl halides is 1. The summed E-state index contributed by atoms with van der Waals surface area (Å²) in [6.45, 7) is 2.16. The quantitative estimate of drug-likeness (QED) is 0.783. The second-order valence-corrected chi connectivity index (χ2v) is 5.67. The number of hydrogen-bond donors (Lipinski definition) is 0. The molecule has 0 aliphatic carbocycles. The van der Waals surface area contributed by atoms with E-state index >= 15 is 0 Å². The topological polar surface area (TPSA) is 25.8 Å². The van der Waals surface area contributed by atoms with Crippen LogP contribution >= 0.6 is 34.3 Å². The number of hydrogen-bond acceptors (Lipinski definition) is 4. The molecule has 15 heavy (non-hydrogen) atoms. The maximum absolute atomic E-state index is 5.66. The van der Waals surface area contributed by atoms with E-state index in [0.717, 1.165) is 22.9 Å². The number of rotatable bonds is 4. The van der Waals surface area contributed by atoms with Crippen molar-refractivity contribution in [3.63, 3.8) is 0 Å². The first-order valence-electron chi connectivity index (χ1n) is 4.81. The SMILES string of the molecule is CCc1ccc(-c2nnc(CCCl)s2)s1. The molecule has 0 radical (unpaired) electrons. The summed E-state index contributed by atoms with van der Waals surface area (Å²) in [5, 5.41) is 10.3. The van der Waals surface area contributed by atoms with Crippen LogP contribution in [0.2, 0.25) is 0 Å². The van der Waals surface area contributed by atoms with Gasteiger partial charge in [-0.25, -0.2) is 0 Å². The van der Waals surface area contributed by atoms with Gasteiger partial charge in [0.15, 0.2) is 5.01 Å². The minimum atomic E-state index is 0.610. The van der Waals surface area contributed by atoms with Crippen LogP contribution in [0.4, 0.5) is 0 Å². The van der Waals surface area contributed by atoms with Gasteiger partial charge in [0.25, 0.3) is 0 Å². The third-order valence-corrected chi connectivity index (χ3v) is 4.57. The van der Waals surface area contributed by atoms with Gasteiger partial charge in [0, 0.05) is 17.2 Å². The average molecular weight is 259 g/mol. The lowest BCUT2D eigenvalue weighted by molar-refractivity contribution is 0.991. The van der Waals surface area contributed by atoms with Crippen molar-refractivity contribution in [3.05, 3.63) is 22.0 Å². The maximum Gasteiger partial charge on any atom is 0.157 e. The molecule has 2 nitrogen and oxygen atoms in total. The number of thiophene rings is 1. The minimum Gasteiger partial charge on any atom is -0.143 e. The van der Waals surface area contributed by atoms with Crippen molar-refractivity contribution in [3.8, 4) is 9.88 Å². The molecule has 2 heterocycles. The molecule has 0 spiro atoms. The molecule has 0 saturated heterocycles. The molecule has 0 unspecified atom stereocenters. The monoisotopic (exact) mass is 258 g/mol. The van der Waals surface area contributed by atoms with E-state index in [-0.39, 0.29) is 0 Å². The lowest BCUT2D eigenvalue weighted by atomic mass is 10.4. The van der Waals surface area contributed by atoms with Crippen molar-refractivity contribution in [2.75, 3.05) is 5.88 Å². The Morgan fingerprint density at radius 3 is 2.80 bits per heavy atom. The molecule has 0 aliphatic heterocycles. The van der Waals surface area contributed by atoms with Gasteiger partial charge in [-0.05, 0) is 18.6 Å². The van der Waals surface area contributed by atoms with Crippen molar-refractivity contribution >= 4 is 34.3 Å². The number of aromatic nitrogens is 2. The molecule has 0 saturated carbocycles. The van der Waals surface area contributed by atoms with Crippen LogP contribution < -0.4 is 0 Å². The van der Waals surface area contributed by atoms with Crippen LogP contribution in [0, 0.1) is 0 Å². The zero-order chi connectivity index (χ0) is 10.7. The van der Waals surface area contributed by atoms with Crippen molar-refractivity contribution in [2.45, 2.75) is 19.8 Å². The van der Waals surface area contributed by atoms with Gasteiger partial charge in [-0.3, -0.25) is 0 Å².